The molecule has 2 rings (SSSR count). The molecule has 2 heterocycles. The quantitative estimate of drug-likeness (QED) is 0.903. The summed E-state index contributed by atoms with van der Waals surface area (Å²) in [5.41, 5.74) is 0.840. The standard InChI is InChI=1S/C10H16ClN3OS/c11-10-9(12-13-16-10)6-14-5-3-1-2-4-8(14)7-15/h8,15H,1-7H2. The van der Waals surface area contributed by atoms with Gasteiger partial charge in [-0.25, -0.2) is 0 Å². The lowest BCUT2D eigenvalue weighted by molar-refractivity contribution is 0.117. The minimum atomic E-state index is 0.217. The lowest BCUT2D eigenvalue weighted by Crippen LogP contribution is -2.37. The second-order valence-electron chi connectivity index (χ2n) is 4.15. The molecule has 1 aromatic rings. The Hall–Kier alpha value is -0.230. The summed E-state index contributed by atoms with van der Waals surface area (Å²) in [6.07, 6.45) is 4.69. The summed E-state index contributed by atoms with van der Waals surface area (Å²) in [7, 11) is 0. The van der Waals surface area contributed by atoms with Gasteiger partial charge in [-0.1, -0.05) is 28.9 Å². The van der Waals surface area contributed by atoms with E-state index >= 15 is 0 Å². The predicted molar refractivity (Wildman–Crippen MR) is 64.7 cm³/mol. The van der Waals surface area contributed by atoms with Gasteiger partial charge in [-0.3, -0.25) is 4.90 Å². The van der Waals surface area contributed by atoms with E-state index in [9.17, 15) is 5.11 Å². The van der Waals surface area contributed by atoms with Gasteiger partial charge in [0.05, 0.1) is 6.61 Å². The van der Waals surface area contributed by atoms with Crippen LogP contribution in [0.2, 0.25) is 4.34 Å². The van der Waals surface area contributed by atoms with Gasteiger partial charge in [0.15, 0.2) is 0 Å². The fraction of sp³-hybridized carbons (Fsp3) is 0.800. The Morgan fingerprint density at radius 3 is 3.00 bits per heavy atom. The molecule has 1 aliphatic heterocycles. The first-order chi connectivity index (χ1) is 7.81. The average Bonchev–Trinajstić information content (AvgIpc) is 2.56. The smallest absolute Gasteiger partial charge is 0.138 e. The third-order valence-corrected chi connectivity index (χ3v) is 4.06. The molecule has 1 unspecified atom stereocenters. The highest BCUT2D eigenvalue weighted by molar-refractivity contribution is 7.10. The third-order valence-electron chi connectivity index (χ3n) is 3.07. The molecule has 0 amide bonds. The zero-order chi connectivity index (χ0) is 11.4. The molecule has 0 spiro atoms. The molecule has 0 aromatic carbocycles. The van der Waals surface area contributed by atoms with Crippen LogP contribution in [0.3, 0.4) is 0 Å². The Balaban J connectivity index is 2.03. The summed E-state index contributed by atoms with van der Waals surface area (Å²) in [5, 5.41) is 13.4. The van der Waals surface area contributed by atoms with Crippen LogP contribution in [0.5, 0.6) is 0 Å². The van der Waals surface area contributed by atoms with E-state index < -0.39 is 0 Å². The number of rotatable bonds is 3. The van der Waals surface area contributed by atoms with Crippen LogP contribution >= 0.6 is 23.1 Å². The van der Waals surface area contributed by atoms with Crippen LogP contribution in [-0.2, 0) is 6.54 Å². The summed E-state index contributed by atoms with van der Waals surface area (Å²) in [5.74, 6) is 0. The summed E-state index contributed by atoms with van der Waals surface area (Å²) in [4.78, 5) is 2.27. The van der Waals surface area contributed by atoms with Gasteiger partial charge in [0.1, 0.15) is 10.0 Å². The van der Waals surface area contributed by atoms with Crippen LogP contribution in [0.25, 0.3) is 0 Å². The van der Waals surface area contributed by atoms with Gasteiger partial charge >= 0.3 is 0 Å². The average molecular weight is 262 g/mol. The topological polar surface area (TPSA) is 49.2 Å². The maximum atomic E-state index is 9.38. The number of aliphatic hydroxyl groups is 1. The highest BCUT2D eigenvalue weighted by Crippen LogP contribution is 2.23. The molecule has 1 fully saturated rings. The van der Waals surface area contributed by atoms with Crippen molar-refractivity contribution >= 4 is 23.1 Å². The van der Waals surface area contributed by atoms with Crippen molar-refractivity contribution in [2.75, 3.05) is 13.2 Å². The van der Waals surface area contributed by atoms with Crippen LogP contribution in [-0.4, -0.2) is 38.8 Å². The summed E-state index contributed by atoms with van der Waals surface area (Å²) in [6.45, 7) is 1.94. The van der Waals surface area contributed by atoms with Gasteiger partial charge in [-0.05, 0) is 19.4 Å². The van der Waals surface area contributed by atoms with Crippen LogP contribution in [0.1, 0.15) is 31.4 Å². The van der Waals surface area contributed by atoms with Crippen LogP contribution < -0.4 is 0 Å². The first-order valence-corrected chi connectivity index (χ1v) is 6.78. The molecule has 90 valence electrons. The minimum absolute atomic E-state index is 0.217. The van der Waals surface area contributed by atoms with Crippen molar-refractivity contribution in [3.63, 3.8) is 0 Å². The maximum Gasteiger partial charge on any atom is 0.138 e. The van der Waals surface area contributed by atoms with E-state index in [2.05, 4.69) is 14.5 Å². The van der Waals surface area contributed by atoms with Crippen LogP contribution in [0.15, 0.2) is 0 Å². The van der Waals surface area contributed by atoms with Crippen molar-refractivity contribution in [3.8, 4) is 0 Å². The normalized spacial score (nSPS) is 23.2. The fourth-order valence-corrected chi connectivity index (χ4v) is 2.75. The molecule has 1 aliphatic rings. The summed E-state index contributed by atoms with van der Waals surface area (Å²) >= 11 is 7.22. The number of hydrogen-bond acceptors (Lipinski definition) is 5. The lowest BCUT2D eigenvalue weighted by Gasteiger charge is -2.27. The van der Waals surface area contributed by atoms with Crippen molar-refractivity contribution in [1.82, 2.24) is 14.5 Å². The Bertz CT molecular complexity index is 334. The van der Waals surface area contributed by atoms with Crippen molar-refractivity contribution < 1.29 is 5.11 Å². The van der Waals surface area contributed by atoms with Gasteiger partial charge in [-0.15, -0.1) is 5.10 Å². The van der Waals surface area contributed by atoms with E-state index in [0.717, 1.165) is 18.7 Å². The molecule has 0 bridgehead atoms. The maximum absolute atomic E-state index is 9.38. The Kier molecular flexibility index (Phi) is 4.52. The molecule has 1 N–H and O–H groups in total. The second-order valence-corrected chi connectivity index (χ2v) is 5.51. The lowest BCUT2D eigenvalue weighted by atomic mass is 10.1. The van der Waals surface area contributed by atoms with Crippen molar-refractivity contribution in [2.24, 2.45) is 0 Å². The van der Waals surface area contributed by atoms with Crippen molar-refractivity contribution in [2.45, 2.75) is 38.3 Å². The number of hydrogen-bond donors (Lipinski definition) is 1. The molecule has 0 aliphatic carbocycles. The number of likely N-dealkylation sites (tertiary alicyclic amines) is 1. The first-order valence-electron chi connectivity index (χ1n) is 5.63. The van der Waals surface area contributed by atoms with Crippen LogP contribution in [0.4, 0.5) is 0 Å². The van der Waals surface area contributed by atoms with Crippen molar-refractivity contribution in [3.05, 3.63) is 10.0 Å². The van der Waals surface area contributed by atoms with Gasteiger partial charge < -0.3 is 5.11 Å². The van der Waals surface area contributed by atoms with Gasteiger partial charge in [0, 0.05) is 24.1 Å². The van der Waals surface area contributed by atoms with E-state index in [4.69, 9.17) is 11.6 Å². The Morgan fingerprint density at radius 1 is 1.44 bits per heavy atom. The minimum Gasteiger partial charge on any atom is -0.395 e. The molecule has 16 heavy (non-hydrogen) atoms. The van der Waals surface area contributed by atoms with E-state index in [-0.39, 0.29) is 12.6 Å². The molecule has 4 nitrogen and oxygen atoms in total. The predicted octanol–water partition coefficient (Wildman–Crippen LogP) is 1.93. The molecular formula is C10H16ClN3OS. The van der Waals surface area contributed by atoms with E-state index in [1.54, 1.807) is 0 Å². The van der Waals surface area contributed by atoms with Crippen molar-refractivity contribution in [1.29, 1.82) is 0 Å². The largest absolute Gasteiger partial charge is 0.395 e. The van der Waals surface area contributed by atoms with Gasteiger partial charge in [0.2, 0.25) is 0 Å². The molecule has 1 aromatic heterocycles. The highest BCUT2D eigenvalue weighted by atomic mass is 35.5. The molecule has 6 heteroatoms. The third kappa shape index (κ3) is 2.91. The zero-order valence-corrected chi connectivity index (χ0v) is 10.7. The first kappa shape index (κ1) is 12.2. The number of nitrogens with zero attached hydrogens (tertiary/aromatic N) is 3. The van der Waals surface area contributed by atoms with E-state index in [0.29, 0.717) is 10.9 Å². The van der Waals surface area contributed by atoms with Gasteiger partial charge in [-0.2, -0.15) is 0 Å². The summed E-state index contributed by atoms with van der Waals surface area (Å²) in [6, 6.07) is 0.250. The Labute approximate surface area is 104 Å². The number of aromatic nitrogens is 2. The monoisotopic (exact) mass is 261 g/mol. The fourth-order valence-electron chi connectivity index (χ4n) is 2.14. The molecule has 0 saturated carbocycles. The van der Waals surface area contributed by atoms with E-state index in [1.807, 2.05) is 0 Å². The highest BCUT2D eigenvalue weighted by Gasteiger charge is 2.22. The zero-order valence-electron chi connectivity index (χ0n) is 9.10. The molecule has 1 saturated heterocycles. The van der Waals surface area contributed by atoms with E-state index in [1.165, 1.54) is 30.8 Å². The number of halogens is 1. The van der Waals surface area contributed by atoms with Gasteiger partial charge in [0.25, 0.3) is 0 Å². The van der Waals surface area contributed by atoms with Crippen LogP contribution in [0, 0.1) is 0 Å². The SMILES string of the molecule is OCC1CCCCCN1Cc1nnsc1Cl. The number of aliphatic hydroxyl groups excluding tert-OH is 1. The molecule has 1 atom stereocenters. The Morgan fingerprint density at radius 2 is 2.31 bits per heavy atom. The summed E-state index contributed by atoms with van der Waals surface area (Å²) < 4.78 is 4.50. The second kappa shape index (κ2) is 5.91. The molecule has 0 radical (unpaired) electrons. The molecular weight excluding hydrogens is 246 g/mol.